The van der Waals surface area contributed by atoms with Crippen LogP contribution in [0, 0.1) is 11.6 Å². The summed E-state index contributed by atoms with van der Waals surface area (Å²) in [4.78, 5) is 0. The molecular weight excluding hydrogens is 232 g/mol. The first-order chi connectivity index (χ1) is 8.75. The molecule has 0 atom stereocenters. The van der Waals surface area contributed by atoms with Crippen molar-refractivity contribution in [2.24, 2.45) is 0 Å². The maximum Gasteiger partial charge on any atom is 0.149 e. The van der Waals surface area contributed by atoms with Gasteiger partial charge in [-0.3, -0.25) is 0 Å². The highest BCUT2D eigenvalue weighted by Crippen LogP contribution is 2.14. The van der Waals surface area contributed by atoms with E-state index in [1.165, 1.54) is 17.7 Å². The van der Waals surface area contributed by atoms with E-state index in [2.05, 4.69) is 5.32 Å². The summed E-state index contributed by atoms with van der Waals surface area (Å²) in [6.45, 7) is 0. The minimum Gasteiger partial charge on any atom is -0.360 e. The Morgan fingerprint density at radius 3 is 2.50 bits per heavy atom. The molecule has 0 spiro atoms. The topological polar surface area (TPSA) is 12.0 Å². The fraction of sp³-hybridized carbons (Fsp3) is 0.0667. The van der Waals surface area contributed by atoms with E-state index in [0.717, 1.165) is 12.5 Å². The Kier molecular flexibility index (Phi) is 4.07. The lowest BCUT2D eigenvalue weighted by molar-refractivity contribution is 0.586. The van der Waals surface area contributed by atoms with Gasteiger partial charge < -0.3 is 5.32 Å². The molecule has 92 valence electrons. The highest BCUT2D eigenvalue weighted by Gasteiger charge is 2.00. The molecule has 2 aromatic carbocycles. The van der Waals surface area contributed by atoms with E-state index in [-0.39, 0.29) is 5.69 Å². The minimum atomic E-state index is -0.598. The zero-order valence-corrected chi connectivity index (χ0v) is 9.74. The van der Waals surface area contributed by atoms with Crippen LogP contribution in [0.3, 0.4) is 0 Å². The van der Waals surface area contributed by atoms with Crippen LogP contribution >= 0.6 is 0 Å². The van der Waals surface area contributed by atoms with E-state index in [1.54, 1.807) is 6.20 Å². The van der Waals surface area contributed by atoms with E-state index in [9.17, 15) is 8.78 Å². The van der Waals surface area contributed by atoms with Gasteiger partial charge in [-0.15, -0.1) is 0 Å². The zero-order valence-electron chi connectivity index (χ0n) is 9.74. The molecule has 0 aliphatic rings. The lowest BCUT2D eigenvalue weighted by Crippen LogP contribution is -1.92. The molecule has 0 unspecified atom stereocenters. The minimum absolute atomic E-state index is 0.265. The highest BCUT2D eigenvalue weighted by atomic mass is 19.1. The maximum absolute atomic E-state index is 13.3. The molecule has 1 N–H and O–H groups in total. The quantitative estimate of drug-likeness (QED) is 0.853. The molecule has 2 rings (SSSR count). The Bertz CT molecular complexity index is 535. The van der Waals surface area contributed by atoms with Gasteiger partial charge in [-0.05, 0) is 30.3 Å². The first kappa shape index (κ1) is 12.3. The van der Waals surface area contributed by atoms with Crippen molar-refractivity contribution in [1.82, 2.24) is 0 Å². The van der Waals surface area contributed by atoms with Gasteiger partial charge in [0.25, 0.3) is 0 Å². The van der Waals surface area contributed by atoms with Gasteiger partial charge in [0.15, 0.2) is 0 Å². The maximum atomic E-state index is 13.3. The normalized spacial score (nSPS) is 10.8. The summed E-state index contributed by atoms with van der Waals surface area (Å²) < 4.78 is 25.9. The Morgan fingerprint density at radius 1 is 1.00 bits per heavy atom. The summed E-state index contributed by atoms with van der Waals surface area (Å²) in [6, 6.07) is 13.4. The second-order valence-corrected chi connectivity index (χ2v) is 3.86. The van der Waals surface area contributed by atoms with Crippen molar-refractivity contribution in [3.05, 3.63) is 78.0 Å². The van der Waals surface area contributed by atoms with Gasteiger partial charge in [0.1, 0.15) is 11.6 Å². The zero-order chi connectivity index (χ0) is 12.8. The van der Waals surface area contributed by atoms with Crippen LogP contribution in [0.2, 0.25) is 0 Å². The number of allylic oxidation sites excluding steroid dienone is 1. The van der Waals surface area contributed by atoms with Gasteiger partial charge in [-0.25, -0.2) is 8.78 Å². The standard InChI is InChI=1S/C15H13F2N/c16-13-8-9-15(14(17)11-13)18-10-4-7-12-5-2-1-3-6-12/h1-6,8-11,18H,7H2/b10-4+. The molecule has 0 aliphatic heterocycles. The molecular formula is C15H13F2N. The van der Waals surface area contributed by atoms with Crippen molar-refractivity contribution >= 4 is 5.69 Å². The molecule has 0 fully saturated rings. The van der Waals surface area contributed by atoms with Crippen LogP contribution in [-0.2, 0) is 6.42 Å². The average molecular weight is 245 g/mol. The van der Waals surface area contributed by atoms with Crippen molar-refractivity contribution < 1.29 is 8.78 Å². The molecule has 0 aliphatic carbocycles. The molecule has 0 saturated heterocycles. The third-order valence-electron chi connectivity index (χ3n) is 2.48. The van der Waals surface area contributed by atoms with Crippen molar-refractivity contribution in [2.45, 2.75) is 6.42 Å². The number of benzene rings is 2. The summed E-state index contributed by atoms with van der Waals surface area (Å²) in [6.07, 6.45) is 4.30. The fourth-order valence-electron chi connectivity index (χ4n) is 1.56. The smallest absolute Gasteiger partial charge is 0.149 e. The lowest BCUT2D eigenvalue weighted by Gasteiger charge is -2.02. The summed E-state index contributed by atoms with van der Waals surface area (Å²) in [5, 5.41) is 2.79. The summed E-state index contributed by atoms with van der Waals surface area (Å²) in [5.74, 6) is -1.18. The van der Waals surface area contributed by atoms with Crippen LogP contribution in [0.4, 0.5) is 14.5 Å². The molecule has 3 heteroatoms. The lowest BCUT2D eigenvalue weighted by atomic mass is 10.1. The van der Waals surface area contributed by atoms with Crippen molar-refractivity contribution in [2.75, 3.05) is 5.32 Å². The predicted octanol–water partition coefficient (Wildman–Crippen LogP) is 4.13. The molecule has 2 aromatic rings. The highest BCUT2D eigenvalue weighted by molar-refractivity contribution is 5.46. The Morgan fingerprint density at radius 2 is 1.78 bits per heavy atom. The predicted molar refractivity (Wildman–Crippen MR) is 69.3 cm³/mol. The van der Waals surface area contributed by atoms with E-state index in [4.69, 9.17) is 0 Å². The number of hydrogen-bond acceptors (Lipinski definition) is 1. The fourth-order valence-corrected chi connectivity index (χ4v) is 1.56. The van der Waals surface area contributed by atoms with Gasteiger partial charge in [0.05, 0.1) is 5.69 Å². The van der Waals surface area contributed by atoms with E-state index in [1.807, 2.05) is 36.4 Å². The Labute approximate surface area is 105 Å². The third-order valence-corrected chi connectivity index (χ3v) is 2.48. The first-order valence-corrected chi connectivity index (χ1v) is 5.66. The molecule has 0 heterocycles. The molecule has 0 saturated carbocycles. The van der Waals surface area contributed by atoms with Crippen LogP contribution in [0.15, 0.2) is 60.8 Å². The number of nitrogens with one attached hydrogen (secondary N) is 1. The molecule has 0 amide bonds. The second kappa shape index (κ2) is 5.96. The monoisotopic (exact) mass is 245 g/mol. The number of rotatable bonds is 4. The third kappa shape index (κ3) is 3.42. The summed E-state index contributed by atoms with van der Waals surface area (Å²) in [7, 11) is 0. The van der Waals surface area contributed by atoms with Crippen LogP contribution in [0.1, 0.15) is 5.56 Å². The Balaban J connectivity index is 1.91. The van der Waals surface area contributed by atoms with Gasteiger partial charge in [0, 0.05) is 6.07 Å². The van der Waals surface area contributed by atoms with Crippen molar-refractivity contribution in [3.63, 3.8) is 0 Å². The number of halogens is 2. The van der Waals surface area contributed by atoms with Crippen molar-refractivity contribution in [3.8, 4) is 0 Å². The van der Waals surface area contributed by atoms with Gasteiger partial charge in [-0.1, -0.05) is 36.4 Å². The number of anilines is 1. The molecule has 1 nitrogen and oxygen atoms in total. The van der Waals surface area contributed by atoms with Crippen molar-refractivity contribution in [1.29, 1.82) is 0 Å². The van der Waals surface area contributed by atoms with E-state index < -0.39 is 11.6 Å². The van der Waals surface area contributed by atoms with Crippen LogP contribution in [-0.4, -0.2) is 0 Å². The van der Waals surface area contributed by atoms with Crippen LogP contribution < -0.4 is 5.32 Å². The summed E-state index contributed by atoms with van der Waals surface area (Å²) >= 11 is 0. The molecule has 0 aromatic heterocycles. The van der Waals surface area contributed by atoms with E-state index >= 15 is 0 Å². The average Bonchev–Trinajstić information content (AvgIpc) is 2.38. The molecule has 18 heavy (non-hydrogen) atoms. The van der Waals surface area contributed by atoms with Gasteiger partial charge >= 0.3 is 0 Å². The van der Waals surface area contributed by atoms with Gasteiger partial charge in [0.2, 0.25) is 0 Å². The molecule has 0 bridgehead atoms. The summed E-state index contributed by atoms with van der Waals surface area (Å²) in [5.41, 5.74) is 1.44. The molecule has 0 radical (unpaired) electrons. The van der Waals surface area contributed by atoms with E-state index in [0.29, 0.717) is 0 Å². The van der Waals surface area contributed by atoms with Crippen LogP contribution in [0.25, 0.3) is 0 Å². The largest absolute Gasteiger partial charge is 0.360 e. The van der Waals surface area contributed by atoms with Gasteiger partial charge in [-0.2, -0.15) is 0 Å². The van der Waals surface area contributed by atoms with Crippen LogP contribution in [0.5, 0.6) is 0 Å². The second-order valence-electron chi connectivity index (χ2n) is 3.86. The number of hydrogen-bond donors (Lipinski definition) is 1. The Hall–Kier alpha value is -2.16. The SMILES string of the molecule is Fc1ccc(N/C=C/Cc2ccccc2)c(F)c1. The first-order valence-electron chi connectivity index (χ1n) is 5.66.